The van der Waals surface area contributed by atoms with E-state index < -0.39 is 0 Å². The summed E-state index contributed by atoms with van der Waals surface area (Å²) in [5.74, 6) is 2.52. The van der Waals surface area contributed by atoms with Crippen LogP contribution in [0.5, 0.6) is 0 Å². The molecule has 0 aliphatic rings. The van der Waals surface area contributed by atoms with Crippen LogP contribution in [0.15, 0.2) is 12.3 Å². The summed E-state index contributed by atoms with van der Waals surface area (Å²) in [5.41, 5.74) is 8.20. The van der Waals surface area contributed by atoms with Gasteiger partial charge in [-0.1, -0.05) is 5.92 Å². The molecule has 56 valence electrons. The van der Waals surface area contributed by atoms with Gasteiger partial charge in [0.25, 0.3) is 0 Å². The molecule has 0 amide bonds. The number of hydrogen-bond donors (Lipinski definition) is 1. The molecule has 0 unspecified atom stereocenters. The molecule has 1 rings (SSSR count). The fourth-order valence-electron chi connectivity index (χ4n) is 0.896. The van der Waals surface area contributed by atoms with E-state index in [0.29, 0.717) is 6.54 Å². The third kappa shape index (κ3) is 1.57. The van der Waals surface area contributed by atoms with Crippen molar-refractivity contribution in [1.82, 2.24) is 4.98 Å². The first kappa shape index (κ1) is 7.77. The maximum absolute atomic E-state index is 5.43. The van der Waals surface area contributed by atoms with Crippen molar-refractivity contribution in [1.29, 1.82) is 0 Å². The van der Waals surface area contributed by atoms with Crippen molar-refractivity contribution in [3.8, 4) is 12.3 Å². The number of rotatable bonds is 1. The van der Waals surface area contributed by atoms with E-state index in [0.717, 1.165) is 16.8 Å². The first-order chi connectivity index (χ1) is 5.27. The summed E-state index contributed by atoms with van der Waals surface area (Å²) >= 11 is 0. The van der Waals surface area contributed by atoms with Crippen LogP contribution in [-0.2, 0) is 6.54 Å². The first-order valence-electron chi connectivity index (χ1n) is 3.40. The molecule has 1 heterocycles. The summed E-state index contributed by atoms with van der Waals surface area (Å²) in [6.07, 6.45) is 6.85. The predicted octanol–water partition coefficient (Wildman–Crippen LogP) is 0.830. The fraction of sp³-hybridized carbons (Fsp3) is 0.222. The molecular formula is C9H10N2. The van der Waals surface area contributed by atoms with E-state index in [4.69, 9.17) is 12.2 Å². The first-order valence-corrected chi connectivity index (χ1v) is 3.40. The van der Waals surface area contributed by atoms with E-state index in [2.05, 4.69) is 10.9 Å². The summed E-state index contributed by atoms with van der Waals surface area (Å²) in [7, 11) is 0. The fourth-order valence-corrected chi connectivity index (χ4v) is 0.896. The van der Waals surface area contributed by atoms with E-state index in [1.165, 1.54) is 0 Å². The number of aromatic nitrogens is 1. The van der Waals surface area contributed by atoms with Crippen LogP contribution in [0.3, 0.4) is 0 Å². The number of nitrogens with two attached hydrogens (primary N) is 1. The molecule has 2 nitrogen and oxygen atoms in total. The van der Waals surface area contributed by atoms with Crippen LogP contribution < -0.4 is 5.73 Å². The number of nitrogens with zero attached hydrogens (tertiary/aromatic N) is 1. The smallest absolute Gasteiger partial charge is 0.0569 e. The second-order valence-electron chi connectivity index (χ2n) is 2.34. The van der Waals surface area contributed by atoms with Gasteiger partial charge in [-0.3, -0.25) is 4.98 Å². The van der Waals surface area contributed by atoms with Gasteiger partial charge >= 0.3 is 0 Å². The summed E-state index contributed by atoms with van der Waals surface area (Å²) in [4.78, 5) is 4.10. The second-order valence-corrected chi connectivity index (χ2v) is 2.34. The Morgan fingerprint density at radius 1 is 1.73 bits per heavy atom. The molecule has 0 saturated carbocycles. The van der Waals surface area contributed by atoms with E-state index in [-0.39, 0.29) is 0 Å². The quantitative estimate of drug-likeness (QED) is 0.596. The Morgan fingerprint density at radius 2 is 2.45 bits per heavy atom. The van der Waals surface area contributed by atoms with E-state index in [1.54, 1.807) is 6.20 Å². The minimum Gasteiger partial charge on any atom is -0.325 e. The zero-order valence-electron chi connectivity index (χ0n) is 6.46. The highest BCUT2D eigenvalue weighted by Crippen LogP contribution is 2.05. The summed E-state index contributed by atoms with van der Waals surface area (Å²) in [6, 6.07) is 1.91. The molecule has 0 radical (unpaired) electrons. The standard InChI is InChI=1S/C9H10N2/c1-3-8-4-7(2)9(5-10)11-6-8/h1,4,6H,5,10H2,2H3. The zero-order chi connectivity index (χ0) is 8.27. The molecule has 1 aromatic rings. The third-order valence-corrected chi connectivity index (χ3v) is 1.55. The molecule has 0 spiro atoms. The molecule has 0 aromatic carbocycles. The van der Waals surface area contributed by atoms with Gasteiger partial charge in [0, 0.05) is 18.3 Å². The summed E-state index contributed by atoms with van der Waals surface area (Å²) in [6.45, 7) is 2.42. The lowest BCUT2D eigenvalue weighted by Gasteiger charge is -2.00. The number of terminal acetylenes is 1. The highest BCUT2D eigenvalue weighted by atomic mass is 14.7. The van der Waals surface area contributed by atoms with E-state index >= 15 is 0 Å². The van der Waals surface area contributed by atoms with Crippen LogP contribution in [-0.4, -0.2) is 4.98 Å². The van der Waals surface area contributed by atoms with Crippen molar-refractivity contribution in [2.75, 3.05) is 0 Å². The highest BCUT2D eigenvalue weighted by molar-refractivity contribution is 5.34. The van der Waals surface area contributed by atoms with Gasteiger partial charge in [-0.05, 0) is 18.6 Å². The van der Waals surface area contributed by atoms with Crippen LogP contribution in [0.1, 0.15) is 16.8 Å². The van der Waals surface area contributed by atoms with Gasteiger partial charge in [0.05, 0.1) is 5.69 Å². The maximum Gasteiger partial charge on any atom is 0.0569 e. The number of aryl methyl sites for hydroxylation is 1. The summed E-state index contributed by atoms with van der Waals surface area (Å²) in [5, 5.41) is 0. The molecule has 1 aromatic heterocycles. The van der Waals surface area contributed by atoms with Gasteiger partial charge in [0.15, 0.2) is 0 Å². The number of pyridine rings is 1. The average Bonchev–Trinajstić information content (AvgIpc) is 2.04. The van der Waals surface area contributed by atoms with Gasteiger partial charge in [0.1, 0.15) is 0 Å². The monoisotopic (exact) mass is 146 g/mol. The maximum atomic E-state index is 5.43. The Bertz CT molecular complexity index is 297. The minimum absolute atomic E-state index is 0.469. The normalized spacial score (nSPS) is 9.18. The largest absolute Gasteiger partial charge is 0.325 e. The van der Waals surface area contributed by atoms with Gasteiger partial charge < -0.3 is 5.73 Å². The van der Waals surface area contributed by atoms with Crippen molar-refractivity contribution in [2.24, 2.45) is 5.73 Å². The van der Waals surface area contributed by atoms with Gasteiger partial charge in [-0.2, -0.15) is 0 Å². The molecule has 0 fully saturated rings. The van der Waals surface area contributed by atoms with Crippen LogP contribution >= 0.6 is 0 Å². The Labute approximate surface area is 66.4 Å². The van der Waals surface area contributed by atoms with Crippen LogP contribution in [0.4, 0.5) is 0 Å². The third-order valence-electron chi connectivity index (χ3n) is 1.55. The molecule has 11 heavy (non-hydrogen) atoms. The van der Waals surface area contributed by atoms with Crippen molar-refractivity contribution < 1.29 is 0 Å². The lowest BCUT2D eigenvalue weighted by molar-refractivity contribution is 0.967. The lowest BCUT2D eigenvalue weighted by atomic mass is 10.1. The molecule has 2 N–H and O–H groups in total. The molecule has 0 saturated heterocycles. The van der Waals surface area contributed by atoms with E-state index in [9.17, 15) is 0 Å². The van der Waals surface area contributed by atoms with Crippen LogP contribution in [0, 0.1) is 19.3 Å². The zero-order valence-corrected chi connectivity index (χ0v) is 6.46. The lowest BCUT2D eigenvalue weighted by Crippen LogP contribution is -2.02. The molecule has 0 atom stereocenters. The molecule has 0 bridgehead atoms. The Balaban J connectivity index is 3.12. The minimum atomic E-state index is 0.469. The second kappa shape index (κ2) is 3.18. The van der Waals surface area contributed by atoms with E-state index in [1.807, 2.05) is 13.0 Å². The van der Waals surface area contributed by atoms with Crippen molar-refractivity contribution in [2.45, 2.75) is 13.5 Å². The molecule has 0 aliphatic heterocycles. The van der Waals surface area contributed by atoms with Crippen molar-refractivity contribution in [3.05, 3.63) is 29.1 Å². The number of hydrogen-bond acceptors (Lipinski definition) is 2. The van der Waals surface area contributed by atoms with Crippen molar-refractivity contribution >= 4 is 0 Å². The molecule has 0 aliphatic carbocycles. The van der Waals surface area contributed by atoms with Crippen LogP contribution in [0.2, 0.25) is 0 Å². The topological polar surface area (TPSA) is 38.9 Å². The Morgan fingerprint density at radius 3 is 2.91 bits per heavy atom. The summed E-state index contributed by atoms with van der Waals surface area (Å²) < 4.78 is 0. The molecular weight excluding hydrogens is 136 g/mol. The van der Waals surface area contributed by atoms with Crippen LogP contribution in [0.25, 0.3) is 0 Å². The van der Waals surface area contributed by atoms with Gasteiger partial charge in [0.2, 0.25) is 0 Å². The average molecular weight is 146 g/mol. The van der Waals surface area contributed by atoms with Gasteiger partial charge in [-0.25, -0.2) is 0 Å². The Hall–Kier alpha value is -1.33. The SMILES string of the molecule is C#Cc1cnc(CN)c(C)c1. The molecule has 2 heteroatoms. The predicted molar refractivity (Wildman–Crippen MR) is 44.8 cm³/mol. The Kier molecular flexibility index (Phi) is 2.25. The highest BCUT2D eigenvalue weighted by Gasteiger charge is 1.96. The van der Waals surface area contributed by atoms with Crippen molar-refractivity contribution in [3.63, 3.8) is 0 Å². The van der Waals surface area contributed by atoms with Gasteiger partial charge in [-0.15, -0.1) is 6.42 Å².